The van der Waals surface area contributed by atoms with Crippen molar-refractivity contribution >= 4 is 17.4 Å². The molecular formula is C27H26F3N5O3. The Hall–Kier alpha value is -4.01. The van der Waals surface area contributed by atoms with Gasteiger partial charge in [0.1, 0.15) is 0 Å². The predicted molar refractivity (Wildman–Crippen MR) is 133 cm³/mol. The number of aromatic hydroxyl groups is 1. The number of carbonyl (C=O) groups is 1. The smallest absolute Gasteiger partial charge is 0.416 e. The number of halogens is 3. The number of fused-ring (bicyclic) bond motifs is 1. The molecule has 2 amide bonds. The molecule has 1 atom stereocenters. The molecule has 0 saturated carbocycles. The van der Waals surface area contributed by atoms with Crippen LogP contribution in [0.3, 0.4) is 0 Å². The quantitative estimate of drug-likeness (QED) is 0.484. The lowest BCUT2D eigenvalue weighted by atomic mass is 9.96. The molecule has 2 aliphatic heterocycles. The van der Waals surface area contributed by atoms with Crippen molar-refractivity contribution in [1.29, 1.82) is 5.26 Å². The largest absolute Gasteiger partial charge is 0.494 e. The third-order valence-electron chi connectivity index (χ3n) is 6.85. The number of anilines is 2. The highest BCUT2D eigenvalue weighted by Gasteiger charge is 2.38. The van der Waals surface area contributed by atoms with Crippen LogP contribution >= 0.6 is 0 Å². The standard InChI is InChI=1S/C27H26F3N5O3/c28-27(29,30)20-3-1-4-21(15-20)35-22-17-34(10-2-9-33-11-13-38-14-12-33)25(36)23(22)24(32-26(35)37)19-7-5-18(16-31)6-8-19/h1,3-8,15,17,24,36H,2,9-14H2,(H,32,37)/t24-/m1/s1. The lowest BCUT2D eigenvalue weighted by Gasteiger charge is -2.33. The van der Waals surface area contributed by atoms with Crippen LogP contribution in [-0.2, 0) is 17.5 Å². The number of hydrogen-bond acceptors (Lipinski definition) is 5. The summed E-state index contributed by atoms with van der Waals surface area (Å²) in [5, 5.41) is 23.3. The fourth-order valence-electron chi connectivity index (χ4n) is 4.91. The van der Waals surface area contributed by atoms with Crippen LogP contribution in [0.1, 0.15) is 34.7 Å². The molecule has 5 rings (SSSR count). The van der Waals surface area contributed by atoms with Crippen molar-refractivity contribution in [3.05, 3.63) is 77.0 Å². The van der Waals surface area contributed by atoms with Crippen LogP contribution in [0.2, 0.25) is 0 Å². The molecule has 3 aromatic rings. The number of rotatable bonds is 6. The number of aromatic nitrogens is 1. The first-order valence-corrected chi connectivity index (χ1v) is 12.3. The third-order valence-corrected chi connectivity index (χ3v) is 6.85. The summed E-state index contributed by atoms with van der Waals surface area (Å²) < 4.78 is 47.3. The Balaban J connectivity index is 1.52. The maximum Gasteiger partial charge on any atom is 0.416 e. The zero-order chi connectivity index (χ0) is 26.9. The second-order valence-corrected chi connectivity index (χ2v) is 9.25. The average Bonchev–Trinajstić information content (AvgIpc) is 3.24. The summed E-state index contributed by atoms with van der Waals surface area (Å²) in [5.41, 5.74) is 0.884. The van der Waals surface area contributed by atoms with Gasteiger partial charge in [0.05, 0.1) is 53.4 Å². The number of aryl methyl sites for hydroxylation is 1. The number of amides is 2. The Labute approximate surface area is 217 Å². The predicted octanol–water partition coefficient (Wildman–Crippen LogP) is 4.76. The Morgan fingerprint density at radius 2 is 1.84 bits per heavy atom. The molecule has 1 aromatic heterocycles. The van der Waals surface area contributed by atoms with Gasteiger partial charge in [0.25, 0.3) is 0 Å². The lowest BCUT2D eigenvalue weighted by Crippen LogP contribution is -2.44. The summed E-state index contributed by atoms with van der Waals surface area (Å²) in [7, 11) is 0. The van der Waals surface area contributed by atoms with Crippen molar-refractivity contribution in [2.24, 2.45) is 0 Å². The summed E-state index contributed by atoms with van der Waals surface area (Å²) >= 11 is 0. The number of hydrogen-bond donors (Lipinski definition) is 2. The van der Waals surface area contributed by atoms with Crippen LogP contribution in [0.25, 0.3) is 0 Å². The highest BCUT2D eigenvalue weighted by molar-refractivity contribution is 6.03. The number of nitriles is 1. The van der Waals surface area contributed by atoms with Crippen LogP contribution in [0, 0.1) is 11.3 Å². The number of benzene rings is 2. The Bertz CT molecular complexity index is 1360. The number of alkyl halides is 3. The van der Waals surface area contributed by atoms with Gasteiger partial charge in [-0.25, -0.2) is 4.79 Å². The van der Waals surface area contributed by atoms with E-state index in [1.54, 1.807) is 35.0 Å². The van der Waals surface area contributed by atoms with Crippen LogP contribution in [0.4, 0.5) is 29.3 Å². The molecule has 11 heteroatoms. The lowest BCUT2D eigenvalue weighted by molar-refractivity contribution is -0.137. The van der Waals surface area contributed by atoms with Crippen LogP contribution in [0.5, 0.6) is 5.88 Å². The number of nitrogens with zero attached hydrogens (tertiary/aromatic N) is 4. The fourth-order valence-corrected chi connectivity index (χ4v) is 4.91. The summed E-state index contributed by atoms with van der Waals surface area (Å²) in [6, 6.07) is 11.8. The monoisotopic (exact) mass is 525 g/mol. The van der Waals surface area contributed by atoms with Gasteiger partial charge < -0.3 is 19.7 Å². The van der Waals surface area contributed by atoms with Crippen molar-refractivity contribution in [3.8, 4) is 11.9 Å². The molecule has 0 aliphatic carbocycles. The molecule has 198 valence electrons. The molecule has 0 unspecified atom stereocenters. The summed E-state index contributed by atoms with van der Waals surface area (Å²) in [4.78, 5) is 16.8. The van der Waals surface area contributed by atoms with Gasteiger partial charge in [0, 0.05) is 32.4 Å². The van der Waals surface area contributed by atoms with Gasteiger partial charge in [0.15, 0.2) is 5.88 Å². The van der Waals surface area contributed by atoms with E-state index in [2.05, 4.69) is 10.2 Å². The number of morpholine rings is 1. The minimum Gasteiger partial charge on any atom is -0.494 e. The maximum absolute atomic E-state index is 13.4. The first-order chi connectivity index (χ1) is 18.3. The van der Waals surface area contributed by atoms with Gasteiger partial charge in [-0.2, -0.15) is 18.4 Å². The van der Waals surface area contributed by atoms with E-state index in [1.807, 2.05) is 6.07 Å². The molecule has 2 aliphatic rings. The van der Waals surface area contributed by atoms with Crippen LogP contribution in [0.15, 0.2) is 54.7 Å². The second kappa shape index (κ2) is 10.4. The van der Waals surface area contributed by atoms with E-state index in [-0.39, 0.29) is 11.6 Å². The van der Waals surface area contributed by atoms with Crippen LogP contribution in [-0.4, -0.2) is 53.5 Å². The summed E-state index contributed by atoms with van der Waals surface area (Å²) in [6.07, 6.45) is -2.25. The number of nitrogens with one attached hydrogen (secondary N) is 1. The van der Waals surface area contributed by atoms with E-state index < -0.39 is 23.8 Å². The van der Waals surface area contributed by atoms with Crippen molar-refractivity contribution in [2.45, 2.75) is 25.2 Å². The Kier molecular flexibility index (Phi) is 7.01. The first kappa shape index (κ1) is 25.6. The van der Waals surface area contributed by atoms with E-state index >= 15 is 0 Å². The van der Waals surface area contributed by atoms with Crippen molar-refractivity contribution in [2.75, 3.05) is 37.7 Å². The molecule has 0 bridgehead atoms. The minimum atomic E-state index is -4.58. The second-order valence-electron chi connectivity index (χ2n) is 9.25. The van der Waals surface area contributed by atoms with Crippen LogP contribution < -0.4 is 10.2 Å². The van der Waals surface area contributed by atoms with Crippen molar-refractivity contribution in [3.63, 3.8) is 0 Å². The molecule has 8 nitrogen and oxygen atoms in total. The number of carbonyl (C=O) groups excluding carboxylic acids is 1. The van der Waals surface area contributed by atoms with Crippen molar-refractivity contribution in [1.82, 2.24) is 14.8 Å². The molecule has 1 saturated heterocycles. The van der Waals surface area contributed by atoms with Gasteiger partial charge in [-0.1, -0.05) is 18.2 Å². The van der Waals surface area contributed by atoms with Gasteiger partial charge >= 0.3 is 12.2 Å². The molecule has 0 radical (unpaired) electrons. The highest BCUT2D eigenvalue weighted by Crippen LogP contribution is 2.45. The zero-order valence-electron chi connectivity index (χ0n) is 20.4. The summed E-state index contributed by atoms with van der Waals surface area (Å²) in [6.45, 7) is 4.25. The SMILES string of the molecule is N#Cc1ccc([C@H]2NC(=O)N(c3cccc(C(F)(F)F)c3)c3cn(CCCN4CCOCC4)c(O)c32)cc1. The zero-order valence-corrected chi connectivity index (χ0v) is 20.4. The van der Waals surface area contributed by atoms with E-state index in [4.69, 9.17) is 10.00 Å². The molecule has 2 aromatic carbocycles. The fraction of sp³-hybridized carbons (Fsp3) is 0.333. The third kappa shape index (κ3) is 5.05. The topological polar surface area (TPSA) is 93.8 Å². The Morgan fingerprint density at radius 1 is 1.11 bits per heavy atom. The van der Waals surface area contributed by atoms with Gasteiger partial charge in [-0.15, -0.1) is 0 Å². The Morgan fingerprint density at radius 3 is 2.53 bits per heavy atom. The molecule has 1 fully saturated rings. The number of ether oxygens (including phenoxy) is 1. The van der Waals surface area contributed by atoms with E-state index in [0.29, 0.717) is 48.6 Å². The van der Waals surface area contributed by atoms with E-state index in [9.17, 15) is 23.1 Å². The summed E-state index contributed by atoms with van der Waals surface area (Å²) in [5.74, 6) is -0.0756. The molecule has 38 heavy (non-hydrogen) atoms. The van der Waals surface area contributed by atoms with E-state index in [1.165, 1.54) is 12.1 Å². The normalized spacial score (nSPS) is 18.1. The first-order valence-electron chi connectivity index (χ1n) is 12.3. The van der Waals surface area contributed by atoms with E-state index in [0.717, 1.165) is 36.7 Å². The maximum atomic E-state index is 13.4. The van der Waals surface area contributed by atoms with Gasteiger partial charge in [0.2, 0.25) is 0 Å². The van der Waals surface area contributed by atoms with Gasteiger partial charge in [-0.3, -0.25) is 9.80 Å². The van der Waals surface area contributed by atoms with Gasteiger partial charge in [-0.05, 0) is 42.3 Å². The minimum absolute atomic E-state index is 0.0299. The molecule has 2 N–H and O–H groups in total. The highest BCUT2D eigenvalue weighted by atomic mass is 19.4. The molecular weight excluding hydrogens is 499 g/mol. The van der Waals surface area contributed by atoms with Crippen molar-refractivity contribution < 1.29 is 27.8 Å². The number of urea groups is 1. The average molecular weight is 526 g/mol. The molecule has 3 heterocycles. The molecule has 0 spiro atoms.